The Morgan fingerprint density at radius 1 is 1.77 bits per heavy atom. The van der Waals surface area contributed by atoms with E-state index in [1.54, 1.807) is 6.33 Å². The quantitative estimate of drug-likeness (QED) is 0.700. The van der Waals surface area contributed by atoms with Crippen LogP contribution in [0.3, 0.4) is 0 Å². The van der Waals surface area contributed by atoms with Crippen molar-refractivity contribution in [2.24, 2.45) is 0 Å². The molecule has 2 unspecified atom stereocenters. The molecule has 2 heterocycles. The standard InChI is InChI=1S/C8H13N3OS/c1-6-4-7(2-3-12-6)11-5-9-10-8(11)13/h5-7H,2-4H2,1H3,(H,10,13). The lowest BCUT2D eigenvalue weighted by Crippen LogP contribution is -2.25. The van der Waals surface area contributed by atoms with Crippen LogP contribution in [0.5, 0.6) is 0 Å². The SMILES string of the molecule is CC1CC(n2cn[nH]c2=S)CCO1. The van der Waals surface area contributed by atoms with Crippen molar-refractivity contribution in [1.29, 1.82) is 0 Å². The third kappa shape index (κ3) is 1.81. The molecule has 1 aliphatic rings. The Labute approximate surface area is 81.9 Å². The lowest BCUT2D eigenvalue weighted by molar-refractivity contribution is 0.00563. The van der Waals surface area contributed by atoms with Gasteiger partial charge in [-0.1, -0.05) is 0 Å². The molecule has 0 aliphatic carbocycles. The molecule has 1 aromatic heterocycles. The molecular formula is C8H13N3OS. The van der Waals surface area contributed by atoms with Gasteiger partial charge in [-0.15, -0.1) is 0 Å². The van der Waals surface area contributed by atoms with Crippen molar-refractivity contribution < 1.29 is 4.74 Å². The molecule has 1 aromatic rings. The Bertz CT molecular complexity index is 332. The van der Waals surface area contributed by atoms with Crippen molar-refractivity contribution >= 4 is 12.2 Å². The predicted molar refractivity (Wildman–Crippen MR) is 51.1 cm³/mol. The normalized spacial score (nSPS) is 29.0. The molecule has 2 atom stereocenters. The molecule has 0 saturated carbocycles. The average molecular weight is 199 g/mol. The molecule has 1 N–H and O–H groups in total. The molecule has 5 heteroatoms. The van der Waals surface area contributed by atoms with E-state index < -0.39 is 0 Å². The number of ether oxygens (including phenoxy) is 1. The highest BCUT2D eigenvalue weighted by Gasteiger charge is 2.20. The number of hydrogen-bond donors (Lipinski definition) is 1. The Balaban J connectivity index is 2.17. The zero-order valence-electron chi connectivity index (χ0n) is 7.56. The summed E-state index contributed by atoms with van der Waals surface area (Å²) in [4.78, 5) is 0. The fourth-order valence-electron chi connectivity index (χ4n) is 1.74. The van der Waals surface area contributed by atoms with E-state index in [2.05, 4.69) is 17.1 Å². The highest BCUT2D eigenvalue weighted by molar-refractivity contribution is 7.71. The van der Waals surface area contributed by atoms with Crippen LogP contribution in [0.25, 0.3) is 0 Å². The summed E-state index contributed by atoms with van der Waals surface area (Å²) in [5.74, 6) is 0. The van der Waals surface area contributed by atoms with Gasteiger partial charge in [0, 0.05) is 12.6 Å². The summed E-state index contributed by atoms with van der Waals surface area (Å²) in [6, 6.07) is 0.454. The molecule has 0 aromatic carbocycles. The first-order valence-corrected chi connectivity index (χ1v) is 4.91. The maximum Gasteiger partial charge on any atom is 0.195 e. The van der Waals surface area contributed by atoms with Crippen molar-refractivity contribution in [1.82, 2.24) is 14.8 Å². The van der Waals surface area contributed by atoms with E-state index in [4.69, 9.17) is 17.0 Å². The lowest BCUT2D eigenvalue weighted by Gasteiger charge is -2.27. The zero-order valence-corrected chi connectivity index (χ0v) is 8.38. The van der Waals surface area contributed by atoms with Gasteiger partial charge in [0.05, 0.1) is 6.10 Å². The summed E-state index contributed by atoms with van der Waals surface area (Å²) >= 11 is 5.11. The molecule has 72 valence electrons. The van der Waals surface area contributed by atoms with Crippen molar-refractivity contribution in [2.45, 2.75) is 31.9 Å². The van der Waals surface area contributed by atoms with E-state index in [0.717, 1.165) is 19.4 Å². The number of rotatable bonds is 1. The molecule has 4 nitrogen and oxygen atoms in total. The fourth-order valence-corrected chi connectivity index (χ4v) is 1.99. The van der Waals surface area contributed by atoms with Gasteiger partial charge in [-0.3, -0.25) is 5.10 Å². The van der Waals surface area contributed by atoms with E-state index in [1.807, 2.05) is 4.57 Å². The van der Waals surface area contributed by atoms with Crippen molar-refractivity contribution in [3.8, 4) is 0 Å². The Hall–Kier alpha value is -0.680. The molecule has 0 spiro atoms. The average Bonchev–Trinajstić information content (AvgIpc) is 2.51. The van der Waals surface area contributed by atoms with Gasteiger partial charge in [0.2, 0.25) is 0 Å². The second kappa shape index (κ2) is 3.59. The number of H-pyrrole nitrogens is 1. The largest absolute Gasteiger partial charge is 0.378 e. The molecular weight excluding hydrogens is 186 g/mol. The van der Waals surface area contributed by atoms with Crippen LogP contribution in [-0.4, -0.2) is 27.5 Å². The maximum absolute atomic E-state index is 5.47. The Morgan fingerprint density at radius 3 is 3.23 bits per heavy atom. The minimum atomic E-state index is 0.329. The van der Waals surface area contributed by atoms with Crippen LogP contribution in [0, 0.1) is 4.77 Å². The summed E-state index contributed by atoms with van der Waals surface area (Å²) < 4.78 is 8.20. The summed E-state index contributed by atoms with van der Waals surface area (Å²) in [6.45, 7) is 2.91. The highest BCUT2D eigenvalue weighted by atomic mass is 32.1. The van der Waals surface area contributed by atoms with Gasteiger partial charge in [-0.2, -0.15) is 5.10 Å². The van der Waals surface area contributed by atoms with Crippen LogP contribution < -0.4 is 0 Å². The molecule has 0 bridgehead atoms. The molecule has 1 aliphatic heterocycles. The molecule has 1 fully saturated rings. The minimum absolute atomic E-state index is 0.329. The molecule has 0 radical (unpaired) electrons. The van der Waals surface area contributed by atoms with Gasteiger partial charge in [0.1, 0.15) is 6.33 Å². The zero-order chi connectivity index (χ0) is 9.26. The van der Waals surface area contributed by atoms with Crippen molar-refractivity contribution in [3.05, 3.63) is 11.1 Å². The Morgan fingerprint density at radius 2 is 2.62 bits per heavy atom. The third-order valence-corrected chi connectivity index (χ3v) is 2.73. The summed E-state index contributed by atoms with van der Waals surface area (Å²) in [5.41, 5.74) is 0. The van der Waals surface area contributed by atoms with E-state index in [0.29, 0.717) is 16.9 Å². The van der Waals surface area contributed by atoms with Crippen molar-refractivity contribution in [2.75, 3.05) is 6.61 Å². The maximum atomic E-state index is 5.47. The van der Waals surface area contributed by atoms with E-state index >= 15 is 0 Å². The number of nitrogens with one attached hydrogen (secondary N) is 1. The number of aromatic nitrogens is 3. The molecule has 1 saturated heterocycles. The van der Waals surface area contributed by atoms with Gasteiger partial charge in [0.15, 0.2) is 4.77 Å². The second-order valence-corrected chi connectivity index (χ2v) is 3.82. The first-order chi connectivity index (χ1) is 6.27. The van der Waals surface area contributed by atoms with Gasteiger partial charge < -0.3 is 9.30 Å². The van der Waals surface area contributed by atoms with Crippen LogP contribution in [0.2, 0.25) is 0 Å². The van der Waals surface area contributed by atoms with Gasteiger partial charge in [-0.05, 0) is 32.0 Å². The topological polar surface area (TPSA) is 42.8 Å². The smallest absolute Gasteiger partial charge is 0.195 e. The Kier molecular flexibility index (Phi) is 2.46. The second-order valence-electron chi connectivity index (χ2n) is 3.43. The van der Waals surface area contributed by atoms with Gasteiger partial charge in [-0.25, -0.2) is 0 Å². The van der Waals surface area contributed by atoms with Crippen molar-refractivity contribution in [3.63, 3.8) is 0 Å². The van der Waals surface area contributed by atoms with Crippen LogP contribution in [0.4, 0.5) is 0 Å². The van der Waals surface area contributed by atoms with Crippen LogP contribution in [0.1, 0.15) is 25.8 Å². The monoisotopic (exact) mass is 199 g/mol. The predicted octanol–water partition coefficient (Wildman–Crippen LogP) is 1.68. The fraction of sp³-hybridized carbons (Fsp3) is 0.750. The highest BCUT2D eigenvalue weighted by Crippen LogP contribution is 2.24. The lowest BCUT2D eigenvalue weighted by atomic mass is 10.0. The van der Waals surface area contributed by atoms with Crippen LogP contribution >= 0.6 is 12.2 Å². The number of nitrogens with zero attached hydrogens (tertiary/aromatic N) is 2. The van der Waals surface area contributed by atoms with E-state index in [1.165, 1.54) is 0 Å². The van der Waals surface area contributed by atoms with Gasteiger partial charge >= 0.3 is 0 Å². The molecule has 0 amide bonds. The summed E-state index contributed by atoms with van der Waals surface area (Å²) in [6.07, 6.45) is 4.15. The van der Waals surface area contributed by atoms with Crippen LogP contribution in [-0.2, 0) is 4.74 Å². The number of aromatic amines is 1. The first kappa shape index (κ1) is 8.90. The van der Waals surface area contributed by atoms with E-state index in [-0.39, 0.29) is 0 Å². The molecule has 13 heavy (non-hydrogen) atoms. The first-order valence-electron chi connectivity index (χ1n) is 4.50. The summed E-state index contributed by atoms with van der Waals surface area (Å²) in [7, 11) is 0. The minimum Gasteiger partial charge on any atom is -0.378 e. The van der Waals surface area contributed by atoms with Crippen LogP contribution in [0.15, 0.2) is 6.33 Å². The van der Waals surface area contributed by atoms with E-state index in [9.17, 15) is 0 Å². The van der Waals surface area contributed by atoms with Gasteiger partial charge in [0.25, 0.3) is 0 Å². The summed E-state index contributed by atoms with van der Waals surface area (Å²) in [5, 5.41) is 6.68. The third-order valence-electron chi connectivity index (χ3n) is 2.43. The molecule has 2 rings (SSSR count). The number of hydrogen-bond acceptors (Lipinski definition) is 3.